The Kier molecular flexibility index (Phi) is 3.81. The van der Waals surface area contributed by atoms with Gasteiger partial charge in [0, 0.05) is 18.5 Å². The van der Waals surface area contributed by atoms with E-state index in [0.717, 1.165) is 17.7 Å². The molecule has 1 aromatic heterocycles. The standard InChI is InChI=1S/C12H18N2O2S/c1-14(7-8-5-9(15)6-8)12(16)11(13)10-3-2-4-17-10/h2-4,8-9,11,15H,5-7,13H2,1H3. The minimum atomic E-state index is -0.551. The summed E-state index contributed by atoms with van der Waals surface area (Å²) in [7, 11) is 1.78. The molecule has 0 radical (unpaired) electrons. The molecule has 0 bridgehead atoms. The Morgan fingerprint density at radius 3 is 2.94 bits per heavy atom. The van der Waals surface area contributed by atoms with Crippen LogP contribution in [0.1, 0.15) is 23.8 Å². The van der Waals surface area contributed by atoms with Crippen LogP contribution >= 0.6 is 11.3 Å². The Bertz CT molecular complexity index is 374. The summed E-state index contributed by atoms with van der Waals surface area (Å²) in [5.74, 6) is 0.378. The first-order chi connectivity index (χ1) is 8.08. The molecule has 1 aromatic rings. The van der Waals surface area contributed by atoms with Crippen molar-refractivity contribution in [2.45, 2.75) is 25.0 Å². The van der Waals surface area contributed by atoms with E-state index < -0.39 is 6.04 Å². The van der Waals surface area contributed by atoms with Gasteiger partial charge in [0.15, 0.2) is 0 Å². The first kappa shape index (κ1) is 12.5. The molecular weight excluding hydrogens is 236 g/mol. The van der Waals surface area contributed by atoms with Crippen molar-refractivity contribution < 1.29 is 9.90 Å². The number of likely N-dealkylation sites (N-methyl/N-ethyl adjacent to an activating group) is 1. The molecule has 1 amide bonds. The maximum atomic E-state index is 12.0. The van der Waals surface area contributed by atoms with Crippen molar-refractivity contribution in [2.24, 2.45) is 11.7 Å². The molecule has 0 spiro atoms. The number of rotatable bonds is 4. The van der Waals surface area contributed by atoms with Crippen LogP contribution in [0.2, 0.25) is 0 Å². The lowest BCUT2D eigenvalue weighted by Gasteiger charge is -2.35. The average Bonchev–Trinajstić information content (AvgIpc) is 2.78. The zero-order chi connectivity index (χ0) is 12.4. The molecule has 1 saturated carbocycles. The third-order valence-electron chi connectivity index (χ3n) is 3.23. The largest absolute Gasteiger partial charge is 0.393 e. The Hall–Kier alpha value is -0.910. The van der Waals surface area contributed by atoms with Gasteiger partial charge in [-0.25, -0.2) is 0 Å². The van der Waals surface area contributed by atoms with Crippen LogP contribution in [-0.2, 0) is 4.79 Å². The molecule has 1 heterocycles. The van der Waals surface area contributed by atoms with Gasteiger partial charge in [-0.3, -0.25) is 4.79 Å². The summed E-state index contributed by atoms with van der Waals surface area (Å²) in [4.78, 5) is 14.6. The van der Waals surface area contributed by atoms with E-state index in [9.17, 15) is 9.90 Å². The highest BCUT2D eigenvalue weighted by atomic mass is 32.1. The molecule has 1 fully saturated rings. The number of aliphatic hydroxyl groups excluding tert-OH is 1. The molecule has 0 aromatic carbocycles. The highest BCUT2D eigenvalue weighted by molar-refractivity contribution is 7.10. The molecule has 5 heteroatoms. The molecule has 4 nitrogen and oxygen atoms in total. The van der Waals surface area contributed by atoms with Gasteiger partial charge in [0.2, 0.25) is 5.91 Å². The quantitative estimate of drug-likeness (QED) is 0.841. The number of nitrogens with two attached hydrogens (primary N) is 1. The number of carbonyl (C=O) groups is 1. The van der Waals surface area contributed by atoms with Gasteiger partial charge in [-0.2, -0.15) is 0 Å². The predicted molar refractivity (Wildman–Crippen MR) is 67.6 cm³/mol. The Balaban J connectivity index is 1.86. The molecule has 3 N–H and O–H groups in total. The fourth-order valence-electron chi connectivity index (χ4n) is 2.15. The minimum absolute atomic E-state index is 0.0474. The van der Waals surface area contributed by atoms with Gasteiger partial charge in [-0.1, -0.05) is 6.07 Å². The Morgan fingerprint density at radius 2 is 2.41 bits per heavy atom. The van der Waals surface area contributed by atoms with Crippen molar-refractivity contribution in [3.63, 3.8) is 0 Å². The second-order valence-electron chi connectivity index (χ2n) is 4.70. The lowest BCUT2D eigenvalue weighted by molar-refractivity contribution is -0.133. The van der Waals surface area contributed by atoms with Crippen molar-refractivity contribution >= 4 is 17.2 Å². The molecule has 0 aliphatic heterocycles. The van der Waals surface area contributed by atoms with Gasteiger partial charge in [0.1, 0.15) is 6.04 Å². The van der Waals surface area contributed by atoms with E-state index in [-0.39, 0.29) is 12.0 Å². The highest BCUT2D eigenvalue weighted by Gasteiger charge is 2.30. The van der Waals surface area contributed by atoms with Crippen LogP contribution < -0.4 is 5.73 Å². The number of hydrogen-bond donors (Lipinski definition) is 2. The maximum absolute atomic E-state index is 12.0. The number of carbonyl (C=O) groups excluding carboxylic acids is 1. The molecule has 1 aliphatic rings. The number of nitrogens with zero attached hydrogens (tertiary/aromatic N) is 1. The normalized spacial score (nSPS) is 25.1. The van der Waals surface area contributed by atoms with Crippen molar-refractivity contribution in [3.8, 4) is 0 Å². The molecule has 94 valence electrons. The summed E-state index contributed by atoms with van der Waals surface area (Å²) in [6.45, 7) is 0.689. The van der Waals surface area contributed by atoms with Crippen LogP contribution in [0.25, 0.3) is 0 Å². The lowest BCUT2D eigenvalue weighted by Crippen LogP contribution is -2.42. The van der Waals surface area contributed by atoms with E-state index in [2.05, 4.69) is 0 Å². The molecular formula is C12H18N2O2S. The topological polar surface area (TPSA) is 66.6 Å². The second-order valence-corrected chi connectivity index (χ2v) is 5.68. The molecule has 2 rings (SSSR count). The molecule has 0 saturated heterocycles. The third-order valence-corrected chi connectivity index (χ3v) is 4.19. The Labute approximate surface area is 105 Å². The van der Waals surface area contributed by atoms with Crippen LogP contribution in [0.4, 0.5) is 0 Å². The zero-order valence-corrected chi connectivity index (χ0v) is 10.7. The number of amides is 1. The van der Waals surface area contributed by atoms with Gasteiger partial charge in [-0.15, -0.1) is 11.3 Å². The first-order valence-electron chi connectivity index (χ1n) is 5.80. The summed E-state index contributed by atoms with van der Waals surface area (Å²) in [6.07, 6.45) is 1.42. The van der Waals surface area contributed by atoms with E-state index in [1.807, 2.05) is 17.5 Å². The van der Waals surface area contributed by atoms with E-state index in [4.69, 9.17) is 5.73 Å². The van der Waals surface area contributed by atoms with Crippen LogP contribution in [0.3, 0.4) is 0 Å². The van der Waals surface area contributed by atoms with Crippen LogP contribution in [-0.4, -0.2) is 35.6 Å². The molecule has 1 unspecified atom stereocenters. The first-order valence-corrected chi connectivity index (χ1v) is 6.68. The van der Waals surface area contributed by atoms with Crippen LogP contribution in [0, 0.1) is 5.92 Å². The smallest absolute Gasteiger partial charge is 0.244 e. The second kappa shape index (κ2) is 5.16. The van der Waals surface area contributed by atoms with Crippen molar-refractivity contribution in [1.29, 1.82) is 0 Å². The predicted octanol–water partition coefficient (Wildman–Crippen LogP) is 0.977. The zero-order valence-electron chi connectivity index (χ0n) is 9.87. The van der Waals surface area contributed by atoms with Gasteiger partial charge in [-0.05, 0) is 30.2 Å². The van der Waals surface area contributed by atoms with Gasteiger partial charge in [0.25, 0.3) is 0 Å². The van der Waals surface area contributed by atoms with Gasteiger partial charge >= 0.3 is 0 Å². The average molecular weight is 254 g/mol. The summed E-state index contributed by atoms with van der Waals surface area (Å²) < 4.78 is 0. The molecule has 1 aliphatic carbocycles. The van der Waals surface area contributed by atoms with Crippen molar-refractivity contribution in [2.75, 3.05) is 13.6 Å². The van der Waals surface area contributed by atoms with Gasteiger partial charge in [0.05, 0.1) is 6.10 Å². The fourth-order valence-corrected chi connectivity index (χ4v) is 2.87. The lowest BCUT2D eigenvalue weighted by atomic mass is 9.82. The van der Waals surface area contributed by atoms with E-state index >= 15 is 0 Å². The van der Waals surface area contributed by atoms with Crippen LogP contribution in [0.15, 0.2) is 17.5 Å². The third kappa shape index (κ3) is 2.86. The van der Waals surface area contributed by atoms with Crippen LogP contribution in [0.5, 0.6) is 0 Å². The van der Waals surface area contributed by atoms with E-state index in [1.165, 1.54) is 11.3 Å². The minimum Gasteiger partial charge on any atom is -0.393 e. The van der Waals surface area contributed by atoms with E-state index in [1.54, 1.807) is 11.9 Å². The number of thiophene rings is 1. The Morgan fingerprint density at radius 1 is 1.71 bits per heavy atom. The molecule has 1 atom stereocenters. The fraction of sp³-hybridized carbons (Fsp3) is 0.583. The SMILES string of the molecule is CN(CC1CC(O)C1)C(=O)C(N)c1cccs1. The summed E-state index contributed by atoms with van der Waals surface area (Å²) in [5, 5.41) is 11.1. The summed E-state index contributed by atoms with van der Waals surface area (Å²) in [6, 6.07) is 3.23. The van der Waals surface area contributed by atoms with Crippen molar-refractivity contribution in [1.82, 2.24) is 4.90 Å². The van der Waals surface area contributed by atoms with Gasteiger partial charge < -0.3 is 15.7 Å². The van der Waals surface area contributed by atoms with Crippen molar-refractivity contribution in [3.05, 3.63) is 22.4 Å². The molecule has 17 heavy (non-hydrogen) atoms. The summed E-state index contributed by atoms with van der Waals surface area (Å²) >= 11 is 1.50. The number of aliphatic hydroxyl groups is 1. The number of hydrogen-bond acceptors (Lipinski definition) is 4. The summed E-state index contributed by atoms with van der Waals surface area (Å²) in [5.41, 5.74) is 5.92. The monoisotopic (exact) mass is 254 g/mol. The highest BCUT2D eigenvalue weighted by Crippen LogP contribution is 2.28. The van der Waals surface area contributed by atoms with E-state index in [0.29, 0.717) is 12.5 Å². The maximum Gasteiger partial charge on any atom is 0.244 e.